The predicted octanol–water partition coefficient (Wildman–Crippen LogP) is 3.84. The third kappa shape index (κ3) is 3.77. The Kier molecular flexibility index (Phi) is 5.01. The van der Waals surface area contributed by atoms with Crippen LogP contribution in [0.5, 0.6) is 0 Å². The number of nitrogens with zero attached hydrogens (tertiary/aromatic N) is 3. The highest BCUT2D eigenvalue weighted by Gasteiger charge is 2.27. The van der Waals surface area contributed by atoms with E-state index in [4.69, 9.17) is 0 Å². The van der Waals surface area contributed by atoms with Crippen molar-refractivity contribution >= 4 is 0 Å². The summed E-state index contributed by atoms with van der Waals surface area (Å²) >= 11 is 0. The minimum absolute atomic E-state index is 0.255. The van der Waals surface area contributed by atoms with Crippen molar-refractivity contribution in [2.75, 3.05) is 26.7 Å². The van der Waals surface area contributed by atoms with E-state index in [-0.39, 0.29) is 6.04 Å². The van der Waals surface area contributed by atoms with Crippen molar-refractivity contribution in [1.29, 1.82) is 0 Å². The molecule has 0 bridgehead atoms. The number of benzene rings is 2. The van der Waals surface area contributed by atoms with E-state index in [1.165, 1.54) is 17.7 Å². The zero-order chi connectivity index (χ0) is 18.8. The zero-order valence-corrected chi connectivity index (χ0v) is 15.2. The molecule has 4 nitrogen and oxygen atoms in total. The first-order chi connectivity index (χ1) is 13.1. The fourth-order valence-electron chi connectivity index (χ4n) is 3.71. The van der Waals surface area contributed by atoms with Crippen LogP contribution in [0.25, 0.3) is 11.3 Å². The van der Waals surface area contributed by atoms with Crippen molar-refractivity contribution in [3.63, 3.8) is 0 Å². The van der Waals surface area contributed by atoms with Crippen LogP contribution in [0.3, 0.4) is 0 Å². The molecule has 6 heteroatoms. The highest BCUT2D eigenvalue weighted by atomic mass is 19.1. The van der Waals surface area contributed by atoms with Crippen LogP contribution in [0.2, 0.25) is 0 Å². The van der Waals surface area contributed by atoms with Crippen LogP contribution < -0.4 is 0 Å². The molecule has 0 aliphatic carbocycles. The van der Waals surface area contributed by atoms with Gasteiger partial charge in [0.05, 0.1) is 11.9 Å². The van der Waals surface area contributed by atoms with Gasteiger partial charge in [-0.15, -0.1) is 0 Å². The molecule has 1 fully saturated rings. The first-order valence-electron chi connectivity index (χ1n) is 9.07. The monoisotopic (exact) mass is 368 g/mol. The van der Waals surface area contributed by atoms with Crippen LogP contribution in [0.15, 0.2) is 54.7 Å². The Bertz CT molecular complexity index is 910. The van der Waals surface area contributed by atoms with E-state index in [0.717, 1.165) is 31.3 Å². The molecule has 0 unspecified atom stereocenters. The molecule has 1 N–H and O–H groups in total. The van der Waals surface area contributed by atoms with Crippen molar-refractivity contribution < 1.29 is 8.78 Å². The topological polar surface area (TPSA) is 35.2 Å². The van der Waals surface area contributed by atoms with Crippen LogP contribution in [0.1, 0.15) is 17.2 Å². The van der Waals surface area contributed by atoms with E-state index < -0.39 is 11.6 Å². The predicted molar refractivity (Wildman–Crippen MR) is 101 cm³/mol. The van der Waals surface area contributed by atoms with E-state index >= 15 is 0 Å². The number of nitrogens with one attached hydrogen (secondary N) is 1. The van der Waals surface area contributed by atoms with Crippen molar-refractivity contribution in [1.82, 2.24) is 20.0 Å². The second-order valence-corrected chi connectivity index (χ2v) is 7.05. The molecule has 1 aliphatic rings. The van der Waals surface area contributed by atoms with E-state index in [0.29, 0.717) is 17.8 Å². The Balaban J connectivity index is 1.63. The van der Waals surface area contributed by atoms with Gasteiger partial charge in [0.15, 0.2) is 0 Å². The molecule has 1 atom stereocenters. The number of piperazine rings is 1. The molecule has 2 heterocycles. The quantitative estimate of drug-likeness (QED) is 0.760. The molecular formula is C21H22F2N4. The van der Waals surface area contributed by atoms with E-state index in [1.807, 2.05) is 6.07 Å². The zero-order valence-electron chi connectivity index (χ0n) is 15.2. The third-order valence-electron chi connectivity index (χ3n) is 5.17. The van der Waals surface area contributed by atoms with Crippen LogP contribution in [-0.4, -0.2) is 46.7 Å². The molecule has 0 spiro atoms. The standard InChI is InChI=1S/C21H22F2N4/c1-26-9-10-27(20(14-26)15-5-3-2-4-6-15)13-16-12-24-25-21(16)18-8-7-17(22)11-19(18)23/h2-8,11-12,20H,9-10,13-14H2,1H3,(H,24,25)/t20-/m1/s1. The van der Waals surface area contributed by atoms with Gasteiger partial charge >= 0.3 is 0 Å². The van der Waals surface area contributed by atoms with Gasteiger partial charge < -0.3 is 4.90 Å². The normalized spacial score (nSPS) is 18.7. The summed E-state index contributed by atoms with van der Waals surface area (Å²) in [6.45, 7) is 3.46. The van der Waals surface area contributed by atoms with Gasteiger partial charge in [0.2, 0.25) is 0 Å². The molecular weight excluding hydrogens is 346 g/mol. The van der Waals surface area contributed by atoms with Gasteiger partial charge in [-0.05, 0) is 24.7 Å². The molecule has 2 aromatic carbocycles. The van der Waals surface area contributed by atoms with E-state index in [2.05, 4.69) is 51.3 Å². The van der Waals surface area contributed by atoms with Gasteiger partial charge in [-0.1, -0.05) is 30.3 Å². The summed E-state index contributed by atoms with van der Waals surface area (Å²) in [5.74, 6) is -1.17. The van der Waals surface area contributed by atoms with Crippen molar-refractivity contribution in [3.05, 3.63) is 77.5 Å². The SMILES string of the molecule is CN1CCN(Cc2cn[nH]c2-c2ccc(F)cc2F)[C@@H](c2ccccc2)C1. The Morgan fingerprint density at radius 2 is 1.93 bits per heavy atom. The third-order valence-corrected chi connectivity index (χ3v) is 5.17. The minimum Gasteiger partial charge on any atom is -0.303 e. The van der Waals surface area contributed by atoms with Crippen LogP contribution >= 0.6 is 0 Å². The summed E-state index contributed by atoms with van der Waals surface area (Å²) in [4.78, 5) is 4.72. The lowest BCUT2D eigenvalue weighted by molar-refractivity contribution is 0.0835. The average Bonchev–Trinajstić information content (AvgIpc) is 3.12. The molecule has 140 valence electrons. The number of hydrogen-bond acceptors (Lipinski definition) is 3. The lowest BCUT2D eigenvalue weighted by atomic mass is 10.0. The molecule has 1 aromatic heterocycles. The molecule has 1 aliphatic heterocycles. The summed E-state index contributed by atoms with van der Waals surface area (Å²) in [7, 11) is 2.13. The Morgan fingerprint density at radius 1 is 1.11 bits per heavy atom. The minimum atomic E-state index is -0.585. The Morgan fingerprint density at radius 3 is 2.70 bits per heavy atom. The molecule has 3 aromatic rings. The molecule has 0 amide bonds. The highest BCUT2D eigenvalue weighted by Crippen LogP contribution is 2.30. The van der Waals surface area contributed by atoms with Gasteiger partial charge in [-0.3, -0.25) is 10.00 Å². The molecule has 0 radical (unpaired) electrons. The Hall–Kier alpha value is -2.57. The Labute approximate surface area is 157 Å². The molecule has 27 heavy (non-hydrogen) atoms. The van der Waals surface area contributed by atoms with E-state index in [1.54, 1.807) is 6.20 Å². The van der Waals surface area contributed by atoms with Crippen LogP contribution in [-0.2, 0) is 6.54 Å². The van der Waals surface area contributed by atoms with Gasteiger partial charge in [0.1, 0.15) is 11.6 Å². The highest BCUT2D eigenvalue weighted by molar-refractivity contribution is 5.63. The van der Waals surface area contributed by atoms with Crippen molar-refractivity contribution in [2.24, 2.45) is 0 Å². The molecule has 4 rings (SSSR count). The second-order valence-electron chi connectivity index (χ2n) is 7.05. The number of aromatic amines is 1. The second kappa shape index (κ2) is 7.58. The number of H-pyrrole nitrogens is 1. The maximum atomic E-state index is 14.3. The largest absolute Gasteiger partial charge is 0.303 e. The maximum Gasteiger partial charge on any atom is 0.135 e. The van der Waals surface area contributed by atoms with Gasteiger partial charge in [0, 0.05) is 49.4 Å². The van der Waals surface area contributed by atoms with Crippen molar-refractivity contribution in [3.8, 4) is 11.3 Å². The van der Waals surface area contributed by atoms with Crippen LogP contribution in [0.4, 0.5) is 8.78 Å². The number of hydrogen-bond donors (Lipinski definition) is 1. The van der Waals surface area contributed by atoms with Gasteiger partial charge in [0.25, 0.3) is 0 Å². The lowest BCUT2D eigenvalue weighted by Gasteiger charge is -2.40. The smallest absolute Gasteiger partial charge is 0.135 e. The van der Waals surface area contributed by atoms with E-state index in [9.17, 15) is 8.78 Å². The first kappa shape index (κ1) is 17.8. The summed E-state index contributed by atoms with van der Waals surface area (Å²) in [6, 6.07) is 14.3. The summed E-state index contributed by atoms with van der Waals surface area (Å²) < 4.78 is 27.5. The summed E-state index contributed by atoms with van der Waals surface area (Å²) in [5, 5.41) is 7.00. The number of rotatable bonds is 4. The van der Waals surface area contributed by atoms with Gasteiger partial charge in [-0.25, -0.2) is 8.78 Å². The molecule has 1 saturated heterocycles. The fourth-order valence-corrected chi connectivity index (χ4v) is 3.71. The lowest BCUT2D eigenvalue weighted by Crippen LogP contribution is -2.46. The van der Waals surface area contributed by atoms with Gasteiger partial charge in [-0.2, -0.15) is 5.10 Å². The fraction of sp³-hybridized carbons (Fsp3) is 0.286. The summed E-state index contributed by atoms with van der Waals surface area (Å²) in [6.07, 6.45) is 1.73. The van der Waals surface area contributed by atoms with Crippen LogP contribution in [0, 0.1) is 11.6 Å². The maximum absolute atomic E-state index is 14.3. The number of halogens is 2. The average molecular weight is 368 g/mol. The summed E-state index contributed by atoms with van der Waals surface area (Å²) in [5.41, 5.74) is 3.13. The number of likely N-dealkylation sites (N-methyl/N-ethyl adjacent to an activating group) is 1. The number of aromatic nitrogens is 2. The molecule has 0 saturated carbocycles. The van der Waals surface area contributed by atoms with Crippen molar-refractivity contribution in [2.45, 2.75) is 12.6 Å². The first-order valence-corrected chi connectivity index (χ1v) is 9.07.